The summed E-state index contributed by atoms with van der Waals surface area (Å²) in [6.45, 7) is 4.20. The summed E-state index contributed by atoms with van der Waals surface area (Å²) < 4.78 is 13.4. The average molecular weight is 243 g/mol. The number of aryl methyl sites for hydroxylation is 1. The summed E-state index contributed by atoms with van der Waals surface area (Å²) in [6.07, 6.45) is 0.860. The molecule has 2 rings (SSSR count). The van der Waals surface area contributed by atoms with Crippen molar-refractivity contribution < 1.29 is 4.39 Å². The van der Waals surface area contributed by atoms with E-state index in [2.05, 4.69) is 22.9 Å². The molecule has 1 aliphatic rings. The van der Waals surface area contributed by atoms with Crippen molar-refractivity contribution in [2.24, 2.45) is 5.92 Å². The van der Waals surface area contributed by atoms with Gasteiger partial charge in [0.1, 0.15) is 5.82 Å². The molecule has 13 heavy (non-hydrogen) atoms. The van der Waals surface area contributed by atoms with E-state index in [1.54, 1.807) is 6.07 Å². The van der Waals surface area contributed by atoms with Crippen molar-refractivity contribution in [3.05, 3.63) is 34.6 Å². The third kappa shape index (κ3) is 1.32. The molecule has 0 spiro atoms. The molecule has 2 unspecified atom stereocenters. The van der Waals surface area contributed by atoms with E-state index >= 15 is 0 Å². The molecule has 0 bridgehead atoms. The molecule has 1 aliphatic carbocycles. The second kappa shape index (κ2) is 3.09. The lowest BCUT2D eigenvalue weighted by Gasteiger charge is -2.10. The van der Waals surface area contributed by atoms with Crippen LogP contribution in [-0.4, -0.2) is 0 Å². The van der Waals surface area contributed by atoms with Crippen LogP contribution in [0, 0.1) is 18.7 Å². The summed E-state index contributed by atoms with van der Waals surface area (Å²) in [4.78, 5) is 0.332. The molecule has 0 fully saturated rings. The number of hydrogen-bond donors (Lipinski definition) is 0. The van der Waals surface area contributed by atoms with Crippen molar-refractivity contribution >= 4 is 15.9 Å². The summed E-state index contributed by atoms with van der Waals surface area (Å²) in [5, 5.41) is 0. The van der Waals surface area contributed by atoms with Crippen LogP contribution in [-0.2, 0) is 6.42 Å². The molecule has 0 aromatic heterocycles. The largest absolute Gasteiger partial charge is 0.207 e. The molecule has 0 heterocycles. The molecule has 0 N–H and O–H groups in total. The van der Waals surface area contributed by atoms with E-state index < -0.39 is 0 Å². The Hall–Kier alpha value is -0.370. The minimum absolute atomic E-state index is 0.0469. The lowest BCUT2D eigenvalue weighted by Crippen LogP contribution is -1.95. The molecule has 0 amide bonds. The van der Waals surface area contributed by atoms with Crippen LogP contribution in [0.25, 0.3) is 0 Å². The fourth-order valence-corrected chi connectivity index (χ4v) is 2.88. The van der Waals surface area contributed by atoms with Crippen LogP contribution in [0.15, 0.2) is 12.1 Å². The van der Waals surface area contributed by atoms with E-state index in [0.717, 1.165) is 12.0 Å². The minimum atomic E-state index is -0.0469. The van der Waals surface area contributed by atoms with Crippen LogP contribution in [0.2, 0.25) is 0 Å². The van der Waals surface area contributed by atoms with Crippen molar-refractivity contribution in [1.82, 2.24) is 0 Å². The van der Waals surface area contributed by atoms with E-state index in [1.165, 1.54) is 11.1 Å². The first kappa shape index (κ1) is 9.20. The number of fused-ring (bicyclic) bond motifs is 1. The van der Waals surface area contributed by atoms with E-state index in [-0.39, 0.29) is 5.82 Å². The topological polar surface area (TPSA) is 0 Å². The molecular formula is C11H12BrF. The molecule has 0 aliphatic heterocycles. The number of benzene rings is 1. The normalized spacial score (nSPS) is 26.2. The van der Waals surface area contributed by atoms with Gasteiger partial charge in [0.15, 0.2) is 0 Å². The van der Waals surface area contributed by atoms with Crippen LogP contribution in [0.3, 0.4) is 0 Å². The first-order valence-corrected chi connectivity index (χ1v) is 5.44. The van der Waals surface area contributed by atoms with Crippen molar-refractivity contribution in [3.63, 3.8) is 0 Å². The Morgan fingerprint density at radius 2 is 2.15 bits per heavy atom. The molecule has 2 atom stereocenters. The molecule has 2 heteroatoms. The van der Waals surface area contributed by atoms with Crippen molar-refractivity contribution in [2.75, 3.05) is 0 Å². The summed E-state index contributed by atoms with van der Waals surface area (Å²) in [5.74, 6) is 0.458. The van der Waals surface area contributed by atoms with Crippen molar-refractivity contribution in [1.29, 1.82) is 0 Å². The predicted octanol–water partition coefficient (Wildman–Crippen LogP) is 3.76. The van der Waals surface area contributed by atoms with Crippen molar-refractivity contribution in [3.8, 4) is 0 Å². The fraction of sp³-hybridized carbons (Fsp3) is 0.455. The van der Waals surface area contributed by atoms with Crippen LogP contribution >= 0.6 is 15.9 Å². The molecule has 70 valence electrons. The van der Waals surface area contributed by atoms with Gasteiger partial charge in [-0.15, -0.1) is 0 Å². The van der Waals surface area contributed by atoms with Crippen molar-refractivity contribution in [2.45, 2.75) is 25.1 Å². The zero-order valence-corrected chi connectivity index (χ0v) is 9.36. The lowest BCUT2D eigenvalue weighted by molar-refractivity contribution is 0.585. The Kier molecular flexibility index (Phi) is 2.18. The van der Waals surface area contributed by atoms with Gasteiger partial charge in [0.05, 0.1) is 0 Å². The van der Waals surface area contributed by atoms with Gasteiger partial charge in [-0.3, -0.25) is 0 Å². The van der Waals surface area contributed by atoms with Crippen LogP contribution < -0.4 is 0 Å². The minimum Gasteiger partial charge on any atom is -0.207 e. The lowest BCUT2D eigenvalue weighted by atomic mass is 10.0. The Morgan fingerprint density at radius 3 is 2.77 bits per heavy atom. The standard InChI is InChI=1S/C11H12BrF/c1-6-3-4-9(13)8-5-7(2)11(12)10(6)8/h3-4,7,11H,5H2,1-2H3. The summed E-state index contributed by atoms with van der Waals surface area (Å²) in [6, 6.07) is 3.44. The summed E-state index contributed by atoms with van der Waals surface area (Å²) >= 11 is 3.62. The van der Waals surface area contributed by atoms with Gasteiger partial charge < -0.3 is 0 Å². The molecular weight excluding hydrogens is 231 g/mol. The Balaban J connectivity index is 2.61. The van der Waals surface area contributed by atoms with Gasteiger partial charge in [0.25, 0.3) is 0 Å². The monoisotopic (exact) mass is 242 g/mol. The smallest absolute Gasteiger partial charge is 0.126 e. The molecule has 0 saturated carbocycles. The number of hydrogen-bond acceptors (Lipinski definition) is 0. The molecule has 0 radical (unpaired) electrons. The highest BCUT2D eigenvalue weighted by atomic mass is 79.9. The van der Waals surface area contributed by atoms with Gasteiger partial charge in [-0.1, -0.05) is 28.9 Å². The summed E-state index contributed by atoms with van der Waals surface area (Å²) in [7, 11) is 0. The fourth-order valence-electron chi connectivity index (χ4n) is 2.06. The maximum atomic E-state index is 13.4. The number of alkyl halides is 1. The Labute approximate surface area is 86.3 Å². The first-order chi connectivity index (χ1) is 6.11. The van der Waals surface area contributed by atoms with Gasteiger partial charge in [-0.2, -0.15) is 0 Å². The predicted molar refractivity (Wildman–Crippen MR) is 55.7 cm³/mol. The van der Waals surface area contributed by atoms with E-state index in [0.29, 0.717) is 10.7 Å². The zero-order chi connectivity index (χ0) is 9.59. The van der Waals surface area contributed by atoms with Gasteiger partial charge >= 0.3 is 0 Å². The first-order valence-electron chi connectivity index (χ1n) is 4.53. The second-order valence-corrected chi connectivity index (χ2v) is 4.83. The van der Waals surface area contributed by atoms with Crippen LogP contribution in [0.5, 0.6) is 0 Å². The SMILES string of the molecule is Cc1ccc(F)c2c1C(Br)C(C)C2. The molecule has 1 aromatic rings. The van der Waals surface area contributed by atoms with E-state index in [1.807, 2.05) is 13.0 Å². The maximum absolute atomic E-state index is 13.4. The Morgan fingerprint density at radius 1 is 1.46 bits per heavy atom. The molecule has 1 aromatic carbocycles. The number of rotatable bonds is 0. The quantitative estimate of drug-likeness (QED) is 0.608. The highest BCUT2D eigenvalue weighted by Gasteiger charge is 2.30. The number of halogens is 2. The second-order valence-electron chi connectivity index (χ2n) is 3.84. The highest BCUT2D eigenvalue weighted by Crippen LogP contribution is 2.44. The molecule has 0 nitrogen and oxygen atoms in total. The third-order valence-corrected chi connectivity index (χ3v) is 4.18. The third-order valence-electron chi connectivity index (χ3n) is 2.82. The maximum Gasteiger partial charge on any atom is 0.126 e. The Bertz CT molecular complexity index is 346. The summed E-state index contributed by atoms with van der Waals surface area (Å²) in [5.41, 5.74) is 3.28. The average Bonchev–Trinajstić information content (AvgIpc) is 2.38. The van der Waals surface area contributed by atoms with Gasteiger partial charge in [0.2, 0.25) is 0 Å². The van der Waals surface area contributed by atoms with Gasteiger partial charge in [-0.05, 0) is 42.0 Å². The van der Waals surface area contributed by atoms with E-state index in [9.17, 15) is 4.39 Å². The highest BCUT2D eigenvalue weighted by molar-refractivity contribution is 9.09. The van der Waals surface area contributed by atoms with Crippen LogP contribution in [0.4, 0.5) is 4.39 Å². The van der Waals surface area contributed by atoms with Crippen LogP contribution in [0.1, 0.15) is 28.4 Å². The zero-order valence-electron chi connectivity index (χ0n) is 7.77. The van der Waals surface area contributed by atoms with Gasteiger partial charge in [-0.25, -0.2) is 4.39 Å². The van der Waals surface area contributed by atoms with E-state index in [4.69, 9.17) is 0 Å². The van der Waals surface area contributed by atoms with Gasteiger partial charge in [0, 0.05) is 4.83 Å². The molecule has 0 saturated heterocycles.